The molecule has 0 amide bonds. The summed E-state index contributed by atoms with van der Waals surface area (Å²) in [5.41, 5.74) is 0.764. The molecular weight excluding hydrogens is 288 g/mol. The molecule has 1 aliphatic rings. The van der Waals surface area contributed by atoms with Gasteiger partial charge in [-0.25, -0.2) is 9.97 Å². The number of carboxylic acids is 1. The number of fused-ring (bicyclic) bond motifs is 1. The molecule has 7 heteroatoms. The molecule has 1 atom stereocenters. The maximum Gasteiger partial charge on any atom is 0.312 e. The standard InChI is InChI=1S/C14H18N4O2S/c1-17-7-6-15-11(17)8-18(2)14-16-12-9(13(19)20)4-3-5-10(12)21-14/h6-7,9H,3-5,8H2,1-2H3,(H,19,20). The Hall–Kier alpha value is -1.89. The molecule has 2 heterocycles. The zero-order chi connectivity index (χ0) is 15.0. The number of aromatic nitrogens is 3. The van der Waals surface area contributed by atoms with Crippen LogP contribution in [0.5, 0.6) is 0 Å². The SMILES string of the molecule is CN(Cc1nccn1C)c1nc2c(s1)CCCC2C(=O)O. The van der Waals surface area contributed by atoms with Crippen molar-refractivity contribution in [3.05, 3.63) is 28.8 Å². The fraction of sp³-hybridized carbons (Fsp3) is 0.500. The van der Waals surface area contributed by atoms with Gasteiger partial charge in [-0.15, -0.1) is 11.3 Å². The Morgan fingerprint density at radius 1 is 1.62 bits per heavy atom. The topological polar surface area (TPSA) is 71.2 Å². The predicted molar refractivity (Wildman–Crippen MR) is 80.7 cm³/mol. The van der Waals surface area contributed by atoms with E-state index in [-0.39, 0.29) is 0 Å². The van der Waals surface area contributed by atoms with E-state index in [2.05, 4.69) is 9.97 Å². The number of carbonyl (C=O) groups is 1. The van der Waals surface area contributed by atoms with E-state index in [9.17, 15) is 9.90 Å². The summed E-state index contributed by atoms with van der Waals surface area (Å²) in [6.07, 6.45) is 6.24. The monoisotopic (exact) mass is 306 g/mol. The van der Waals surface area contributed by atoms with E-state index in [1.165, 1.54) is 0 Å². The average Bonchev–Trinajstić information content (AvgIpc) is 3.04. The highest BCUT2D eigenvalue weighted by molar-refractivity contribution is 7.15. The summed E-state index contributed by atoms with van der Waals surface area (Å²) in [5.74, 6) is -0.250. The molecule has 1 aliphatic carbocycles. The lowest BCUT2D eigenvalue weighted by Gasteiger charge is -2.16. The highest BCUT2D eigenvalue weighted by Gasteiger charge is 2.30. The smallest absolute Gasteiger partial charge is 0.312 e. The minimum atomic E-state index is -0.764. The minimum Gasteiger partial charge on any atom is -0.481 e. The van der Waals surface area contributed by atoms with E-state index in [0.717, 1.165) is 34.4 Å². The van der Waals surface area contributed by atoms with Crippen LogP contribution in [0.2, 0.25) is 0 Å². The second kappa shape index (κ2) is 5.48. The van der Waals surface area contributed by atoms with Crippen molar-refractivity contribution in [1.29, 1.82) is 0 Å². The number of aliphatic carboxylic acids is 1. The molecule has 0 saturated heterocycles. The van der Waals surface area contributed by atoms with Crippen LogP contribution in [0.3, 0.4) is 0 Å². The molecule has 112 valence electrons. The minimum absolute atomic E-state index is 0.444. The van der Waals surface area contributed by atoms with Crippen LogP contribution in [-0.2, 0) is 24.8 Å². The fourth-order valence-corrected chi connectivity index (χ4v) is 3.76. The molecule has 21 heavy (non-hydrogen) atoms. The van der Waals surface area contributed by atoms with Gasteiger partial charge in [-0.3, -0.25) is 4.79 Å². The average molecular weight is 306 g/mol. The van der Waals surface area contributed by atoms with Gasteiger partial charge < -0.3 is 14.6 Å². The number of thiazole rings is 1. The van der Waals surface area contributed by atoms with E-state index >= 15 is 0 Å². The Balaban J connectivity index is 1.83. The van der Waals surface area contributed by atoms with E-state index < -0.39 is 11.9 Å². The van der Waals surface area contributed by atoms with Gasteiger partial charge in [0.25, 0.3) is 0 Å². The van der Waals surface area contributed by atoms with Gasteiger partial charge in [0.2, 0.25) is 0 Å². The van der Waals surface area contributed by atoms with Crippen LogP contribution >= 0.6 is 11.3 Å². The van der Waals surface area contributed by atoms with Crippen molar-refractivity contribution in [2.24, 2.45) is 7.05 Å². The quantitative estimate of drug-likeness (QED) is 0.935. The van der Waals surface area contributed by atoms with Crippen LogP contribution < -0.4 is 4.90 Å². The molecule has 0 bridgehead atoms. The Labute approximate surface area is 127 Å². The second-order valence-corrected chi connectivity index (χ2v) is 6.46. The third kappa shape index (κ3) is 2.65. The number of hydrogen-bond donors (Lipinski definition) is 1. The summed E-state index contributed by atoms with van der Waals surface area (Å²) in [6.45, 7) is 0.660. The number of nitrogens with zero attached hydrogens (tertiary/aromatic N) is 4. The van der Waals surface area contributed by atoms with Crippen LogP contribution in [0.1, 0.15) is 35.2 Å². The number of anilines is 1. The summed E-state index contributed by atoms with van der Waals surface area (Å²) in [4.78, 5) is 23.4. The Morgan fingerprint density at radius 2 is 2.43 bits per heavy atom. The molecule has 2 aromatic heterocycles. The zero-order valence-electron chi connectivity index (χ0n) is 12.1. The fourth-order valence-electron chi connectivity index (χ4n) is 2.64. The molecule has 0 saturated carbocycles. The first-order valence-electron chi connectivity index (χ1n) is 6.96. The zero-order valence-corrected chi connectivity index (χ0v) is 12.9. The normalized spacial score (nSPS) is 17.5. The van der Waals surface area contributed by atoms with Crippen molar-refractivity contribution >= 4 is 22.4 Å². The lowest BCUT2D eigenvalue weighted by atomic mass is 9.91. The number of hydrogen-bond acceptors (Lipinski definition) is 5. The third-order valence-corrected chi connectivity index (χ3v) is 5.11. The molecule has 3 rings (SSSR count). The van der Waals surface area contributed by atoms with Crippen molar-refractivity contribution in [1.82, 2.24) is 14.5 Å². The lowest BCUT2D eigenvalue weighted by molar-refractivity contribution is -0.139. The van der Waals surface area contributed by atoms with Gasteiger partial charge in [0.1, 0.15) is 11.7 Å². The molecule has 0 aromatic carbocycles. The molecule has 0 fully saturated rings. The number of carboxylic acid groups (broad SMARTS) is 1. The Bertz CT molecular complexity index is 664. The van der Waals surface area contributed by atoms with Crippen molar-refractivity contribution in [3.63, 3.8) is 0 Å². The van der Waals surface area contributed by atoms with Crippen molar-refractivity contribution in [2.75, 3.05) is 11.9 Å². The maximum atomic E-state index is 11.3. The molecule has 0 aliphatic heterocycles. The first kappa shape index (κ1) is 14.1. The lowest BCUT2D eigenvalue weighted by Crippen LogP contribution is -2.20. The van der Waals surface area contributed by atoms with Crippen LogP contribution in [0.4, 0.5) is 5.13 Å². The van der Waals surface area contributed by atoms with Gasteiger partial charge in [-0.05, 0) is 19.3 Å². The number of aryl methyl sites for hydroxylation is 2. The van der Waals surface area contributed by atoms with Gasteiger partial charge in [0.15, 0.2) is 5.13 Å². The van der Waals surface area contributed by atoms with Crippen LogP contribution in [0, 0.1) is 0 Å². The van der Waals surface area contributed by atoms with Gasteiger partial charge in [0, 0.05) is 31.4 Å². The first-order chi connectivity index (χ1) is 10.1. The van der Waals surface area contributed by atoms with Crippen molar-refractivity contribution in [3.8, 4) is 0 Å². The number of rotatable bonds is 4. The van der Waals surface area contributed by atoms with E-state index in [1.54, 1.807) is 17.5 Å². The Morgan fingerprint density at radius 3 is 3.10 bits per heavy atom. The van der Waals surface area contributed by atoms with Crippen LogP contribution in [0.25, 0.3) is 0 Å². The highest BCUT2D eigenvalue weighted by atomic mass is 32.1. The van der Waals surface area contributed by atoms with Crippen LogP contribution in [-0.4, -0.2) is 32.7 Å². The second-order valence-electron chi connectivity index (χ2n) is 5.40. The molecule has 0 spiro atoms. The van der Waals surface area contributed by atoms with E-state index in [1.807, 2.05) is 29.8 Å². The molecule has 2 aromatic rings. The van der Waals surface area contributed by atoms with E-state index in [4.69, 9.17) is 0 Å². The van der Waals surface area contributed by atoms with Crippen LogP contribution in [0.15, 0.2) is 12.4 Å². The summed E-state index contributed by atoms with van der Waals surface area (Å²) >= 11 is 1.61. The van der Waals surface area contributed by atoms with E-state index in [0.29, 0.717) is 13.0 Å². The molecule has 1 N–H and O–H groups in total. The first-order valence-corrected chi connectivity index (χ1v) is 7.77. The van der Waals surface area contributed by atoms with Gasteiger partial charge in [0.05, 0.1) is 12.2 Å². The van der Waals surface area contributed by atoms with Crippen molar-refractivity contribution < 1.29 is 9.90 Å². The molecular formula is C14H18N4O2S. The third-order valence-electron chi connectivity index (χ3n) is 3.87. The molecule has 6 nitrogen and oxygen atoms in total. The van der Waals surface area contributed by atoms with Gasteiger partial charge >= 0.3 is 5.97 Å². The number of imidazole rings is 1. The predicted octanol–water partition coefficient (Wildman–Crippen LogP) is 2.02. The molecule has 0 radical (unpaired) electrons. The summed E-state index contributed by atoms with van der Waals surface area (Å²) in [5, 5.41) is 10.2. The summed E-state index contributed by atoms with van der Waals surface area (Å²) in [6, 6.07) is 0. The Kier molecular flexibility index (Phi) is 3.67. The maximum absolute atomic E-state index is 11.3. The summed E-state index contributed by atoms with van der Waals surface area (Å²) in [7, 11) is 3.93. The highest BCUT2D eigenvalue weighted by Crippen LogP contribution is 2.37. The van der Waals surface area contributed by atoms with Gasteiger partial charge in [-0.1, -0.05) is 0 Å². The largest absolute Gasteiger partial charge is 0.481 e. The summed E-state index contributed by atoms with van der Waals surface area (Å²) < 4.78 is 1.98. The molecule has 1 unspecified atom stereocenters. The van der Waals surface area contributed by atoms with Crippen molar-refractivity contribution in [2.45, 2.75) is 31.7 Å². The van der Waals surface area contributed by atoms with Gasteiger partial charge in [-0.2, -0.15) is 0 Å².